The van der Waals surface area contributed by atoms with E-state index in [1.165, 1.54) is 19.3 Å². The molecule has 0 saturated carbocycles. The Balaban J connectivity index is 1.28. The van der Waals surface area contributed by atoms with Crippen LogP contribution in [0.3, 0.4) is 0 Å². The molecule has 0 N–H and O–H groups in total. The van der Waals surface area contributed by atoms with Gasteiger partial charge in [0.15, 0.2) is 11.5 Å². The summed E-state index contributed by atoms with van der Waals surface area (Å²) in [6.45, 7) is 5.43. The Kier molecular flexibility index (Phi) is 8.74. The third-order valence-electron chi connectivity index (χ3n) is 7.06. The standard InChI is InChI=1S/C28H38N2O5/c1-32-23-8-10-24(11-9-23)35-16-6-14-29-13-5-4-7-21(19-29)20-30-15-12-22-17-26(33-2)27(34-3)18-25(22)28(30)31/h8-11,17-18,21H,4-7,12-16,19-20H2,1-3H3. The van der Waals surface area contributed by atoms with Gasteiger partial charge in [0.05, 0.1) is 27.9 Å². The van der Waals surface area contributed by atoms with Crippen molar-refractivity contribution in [3.05, 3.63) is 47.5 Å². The lowest BCUT2D eigenvalue weighted by atomic mass is 9.95. The summed E-state index contributed by atoms with van der Waals surface area (Å²) >= 11 is 0. The van der Waals surface area contributed by atoms with Crippen molar-refractivity contribution in [3.63, 3.8) is 0 Å². The number of hydrogen-bond acceptors (Lipinski definition) is 6. The molecular formula is C28H38N2O5. The molecule has 190 valence electrons. The van der Waals surface area contributed by atoms with Crippen molar-refractivity contribution in [2.24, 2.45) is 5.92 Å². The van der Waals surface area contributed by atoms with Crippen LogP contribution in [0.25, 0.3) is 0 Å². The van der Waals surface area contributed by atoms with Crippen LogP contribution in [0, 0.1) is 5.92 Å². The van der Waals surface area contributed by atoms with Crippen LogP contribution in [-0.4, -0.2) is 76.4 Å². The van der Waals surface area contributed by atoms with Crippen molar-refractivity contribution in [1.82, 2.24) is 9.80 Å². The van der Waals surface area contributed by atoms with E-state index in [4.69, 9.17) is 18.9 Å². The normalized spacial score (nSPS) is 18.5. The van der Waals surface area contributed by atoms with E-state index in [9.17, 15) is 4.79 Å². The number of amides is 1. The van der Waals surface area contributed by atoms with Crippen LogP contribution in [0.15, 0.2) is 36.4 Å². The molecule has 7 heteroatoms. The average Bonchev–Trinajstić information content (AvgIpc) is 3.12. The monoisotopic (exact) mass is 482 g/mol. The summed E-state index contributed by atoms with van der Waals surface area (Å²) in [7, 11) is 4.90. The molecule has 1 amide bonds. The number of fused-ring (bicyclic) bond motifs is 1. The maximum atomic E-state index is 13.3. The summed E-state index contributed by atoms with van der Waals surface area (Å²) in [4.78, 5) is 17.9. The summed E-state index contributed by atoms with van der Waals surface area (Å²) < 4.78 is 22.0. The molecule has 7 nitrogen and oxygen atoms in total. The molecule has 2 heterocycles. The van der Waals surface area contributed by atoms with Crippen LogP contribution in [0.4, 0.5) is 0 Å². The smallest absolute Gasteiger partial charge is 0.254 e. The van der Waals surface area contributed by atoms with E-state index in [2.05, 4.69) is 4.90 Å². The first-order chi connectivity index (χ1) is 17.1. The predicted octanol–water partition coefficient (Wildman–Crippen LogP) is 4.28. The molecule has 0 radical (unpaired) electrons. The summed E-state index contributed by atoms with van der Waals surface area (Å²) in [5.41, 5.74) is 1.79. The van der Waals surface area contributed by atoms with Gasteiger partial charge in [-0.1, -0.05) is 6.42 Å². The predicted molar refractivity (Wildman–Crippen MR) is 136 cm³/mol. The van der Waals surface area contributed by atoms with Gasteiger partial charge >= 0.3 is 0 Å². The highest BCUT2D eigenvalue weighted by molar-refractivity contribution is 5.97. The van der Waals surface area contributed by atoms with Crippen LogP contribution in [0.5, 0.6) is 23.0 Å². The number of rotatable bonds is 10. The lowest BCUT2D eigenvalue weighted by Gasteiger charge is -2.33. The van der Waals surface area contributed by atoms with Crippen molar-refractivity contribution < 1.29 is 23.7 Å². The van der Waals surface area contributed by atoms with Gasteiger partial charge in [0, 0.05) is 31.7 Å². The average molecular weight is 483 g/mol. The van der Waals surface area contributed by atoms with Gasteiger partial charge in [-0.05, 0) is 80.1 Å². The lowest BCUT2D eigenvalue weighted by Crippen LogP contribution is -2.43. The van der Waals surface area contributed by atoms with Crippen LogP contribution in [0.2, 0.25) is 0 Å². The quantitative estimate of drug-likeness (QED) is 0.471. The van der Waals surface area contributed by atoms with Crippen molar-refractivity contribution in [2.45, 2.75) is 32.1 Å². The first kappa shape index (κ1) is 25.2. The molecule has 35 heavy (non-hydrogen) atoms. The molecule has 1 saturated heterocycles. The van der Waals surface area contributed by atoms with Gasteiger partial charge in [0.25, 0.3) is 5.91 Å². The number of benzene rings is 2. The lowest BCUT2D eigenvalue weighted by molar-refractivity contribution is 0.0694. The minimum Gasteiger partial charge on any atom is -0.497 e. The Morgan fingerprint density at radius 2 is 1.66 bits per heavy atom. The van der Waals surface area contributed by atoms with E-state index in [1.54, 1.807) is 21.3 Å². The summed E-state index contributed by atoms with van der Waals surface area (Å²) in [6, 6.07) is 11.5. The first-order valence-corrected chi connectivity index (χ1v) is 12.6. The molecule has 1 fully saturated rings. The van der Waals surface area contributed by atoms with E-state index in [0.717, 1.165) is 68.2 Å². The summed E-state index contributed by atoms with van der Waals surface area (Å²) in [5, 5.41) is 0. The fraction of sp³-hybridized carbons (Fsp3) is 0.536. The molecular weight excluding hydrogens is 444 g/mol. The fourth-order valence-electron chi connectivity index (χ4n) is 5.16. The number of nitrogens with zero attached hydrogens (tertiary/aromatic N) is 2. The molecule has 2 aromatic carbocycles. The first-order valence-electron chi connectivity index (χ1n) is 12.6. The molecule has 0 aliphatic carbocycles. The van der Waals surface area contributed by atoms with Gasteiger partial charge in [-0.2, -0.15) is 0 Å². The largest absolute Gasteiger partial charge is 0.497 e. The molecule has 0 spiro atoms. The third kappa shape index (κ3) is 6.40. The molecule has 1 atom stereocenters. The van der Waals surface area contributed by atoms with Crippen LogP contribution >= 0.6 is 0 Å². The third-order valence-corrected chi connectivity index (χ3v) is 7.06. The number of ether oxygens (including phenoxy) is 4. The second-order valence-corrected chi connectivity index (χ2v) is 9.41. The zero-order chi connectivity index (χ0) is 24.6. The second-order valence-electron chi connectivity index (χ2n) is 9.41. The number of carbonyl (C=O) groups is 1. The van der Waals surface area contributed by atoms with E-state index in [0.29, 0.717) is 24.0 Å². The van der Waals surface area contributed by atoms with Crippen molar-refractivity contribution in [2.75, 3.05) is 60.7 Å². The number of carbonyl (C=O) groups excluding carboxylic acids is 1. The molecule has 0 aromatic heterocycles. The Labute approximate surface area is 208 Å². The molecule has 0 bridgehead atoms. The van der Waals surface area contributed by atoms with E-state index in [-0.39, 0.29) is 5.91 Å². The zero-order valence-corrected chi connectivity index (χ0v) is 21.3. The summed E-state index contributed by atoms with van der Waals surface area (Å²) in [5.74, 6) is 3.60. The molecule has 2 aromatic rings. The van der Waals surface area contributed by atoms with Crippen LogP contribution < -0.4 is 18.9 Å². The SMILES string of the molecule is COc1ccc(OCCCN2CCCCC(CN3CCc4cc(OC)c(OC)cc4C3=O)C2)cc1. The Morgan fingerprint density at radius 3 is 2.40 bits per heavy atom. The minimum absolute atomic E-state index is 0.107. The van der Waals surface area contributed by atoms with Crippen molar-refractivity contribution in [1.29, 1.82) is 0 Å². The van der Waals surface area contributed by atoms with Gasteiger partial charge in [-0.15, -0.1) is 0 Å². The second kappa shape index (κ2) is 12.2. The maximum absolute atomic E-state index is 13.3. The minimum atomic E-state index is 0.107. The molecule has 1 unspecified atom stereocenters. The molecule has 2 aliphatic rings. The Hall–Kier alpha value is -2.93. The number of hydrogen-bond donors (Lipinski definition) is 0. The highest BCUT2D eigenvalue weighted by atomic mass is 16.5. The van der Waals surface area contributed by atoms with Crippen molar-refractivity contribution >= 4 is 5.91 Å². The van der Waals surface area contributed by atoms with Gasteiger partial charge < -0.3 is 28.7 Å². The van der Waals surface area contributed by atoms with Gasteiger partial charge in [-0.3, -0.25) is 4.79 Å². The number of methoxy groups -OCH3 is 3. The molecule has 2 aliphatic heterocycles. The Morgan fingerprint density at radius 1 is 0.914 bits per heavy atom. The molecule has 4 rings (SSSR count). The number of likely N-dealkylation sites (tertiary alicyclic amines) is 1. The summed E-state index contributed by atoms with van der Waals surface area (Å²) in [6.07, 6.45) is 5.43. The van der Waals surface area contributed by atoms with Crippen LogP contribution in [-0.2, 0) is 6.42 Å². The topological polar surface area (TPSA) is 60.5 Å². The van der Waals surface area contributed by atoms with Gasteiger partial charge in [0.2, 0.25) is 0 Å². The fourth-order valence-corrected chi connectivity index (χ4v) is 5.16. The van der Waals surface area contributed by atoms with Gasteiger partial charge in [-0.25, -0.2) is 0 Å². The van der Waals surface area contributed by atoms with E-state index < -0.39 is 0 Å². The highest BCUT2D eigenvalue weighted by Gasteiger charge is 2.29. The Bertz CT molecular complexity index is 978. The van der Waals surface area contributed by atoms with E-state index in [1.807, 2.05) is 41.3 Å². The van der Waals surface area contributed by atoms with Gasteiger partial charge in [0.1, 0.15) is 11.5 Å². The maximum Gasteiger partial charge on any atom is 0.254 e. The highest BCUT2D eigenvalue weighted by Crippen LogP contribution is 2.33. The van der Waals surface area contributed by atoms with Crippen LogP contribution in [0.1, 0.15) is 41.6 Å². The van der Waals surface area contributed by atoms with E-state index >= 15 is 0 Å². The zero-order valence-electron chi connectivity index (χ0n) is 21.3. The van der Waals surface area contributed by atoms with Crippen molar-refractivity contribution in [3.8, 4) is 23.0 Å².